The number of carbonyl (C=O) groups is 2. The normalized spacial score (nSPS) is 10.2. The second kappa shape index (κ2) is 6.07. The number of benzene rings is 1. The molecule has 104 valence electrons. The maximum Gasteiger partial charge on any atom is 0.337 e. The molecule has 0 aliphatic rings. The summed E-state index contributed by atoms with van der Waals surface area (Å²) in [6.45, 7) is 0. The van der Waals surface area contributed by atoms with Crippen molar-refractivity contribution in [3.8, 4) is 11.1 Å². The Kier molecular flexibility index (Phi) is 4.42. The van der Waals surface area contributed by atoms with Gasteiger partial charge in [-0.15, -0.1) is 11.3 Å². The molecular formula is C14H11ClO4S. The van der Waals surface area contributed by atoms with E-state index in [9.17, 15) is 9.59 Å². The molecule has 0 bridgehead atoms. The third-order valence-corrected chi connectivity index (χ3v) is 3.87. The SMILES string of the molecule is COC(=O)c1cc(C(=O)OC)cc(-c2ccsc2Cl)c1. The van der Waals surface area contributed by atoms with Gasteiger partial charge in [0.1, 0.15) is 4.34 Å². The fraction of sp³-hybridized carbons (Fsp3) is 0.143. The van der Waals surface area contributed by atoms with Crippen molar-refractivity contribution in [2.75, 3.05) is 14.2 Å². The van der Waals surface area contributed by atoms with Crippen LogP contribution in [0.5, 0.6) is 0 Å². The molecule has 6 heteroatoms. The fourth-order valence-electron chi connectivity index (χ4n) is 1.76. The van der Waals surface area contributed by atoms with Crippen molar-refractivity contribution in [3.05, 3.63) is 45.1 Å². The van der Waals surface area contributed by atoms with Crippen molar-refractivity contribution in [3.63, 3.8) is 0 Å². The Balaban J connectivity index is 2.60. The summed E-state index contributed by atoms with van der Waals surface area (Å²) >= 11 is 7.46. The predicted octanol–water partition coefficient (Wildman–Crippen LogP) is 3.64. The lowest BCUT2D eigenvalue weighted by Crippen LogP contribution is -2.07. The van der Waals surface area contributed by atoms with Crippen molar-refractivity contribution in [1.82, 2.24) is 0 Å². The Bertz CT molecular complexity index is 629. The van der Waals surface area contributed by atoms with E-state index < -0.39 is 11.9 Å². The van der Waals surface area contributed by atoms with Gasteiger partial charge in [-0.05, 0) is 35.2 Å². The Morgan fingerprint density at radius 3 is 2.00 bits per heavy atom. The lowest BCUT2D eigenvalue weighted by molar-refractivity contribution is 0.0599. The first-order valence-corrected chi connectivity index (χ1v) is 6.87. The molecule has 0 N–H and O–H groups in total. The van der Waals surface area contributed by atoms with Crippen LogP contribution in [-0.2, 0) is 9.47 Å². The van der Waals surface area contributed by atoms with E-state index in [-0.39, 0.29) is 11.1 Å². The average Bonchev–Trinajstić information content (AvgIpc) is 2.91. The molecule has 1 aromatic carbocycles. The molecule has 2 aromatic rings. The van der Waals surface area contributed by atoms with E-state index in [1.54, 1.807) is 12.1 Å². The Labute approximate surface area is 124 Å². The number of ether oxygens (including phenoxy) is 2. The van der Waals surface area contributed by atoms with Crippen LogP contribution in [0, 0.1) is 0 Å². The van der Waals surface area contributed by atoms with E-state index >= 15 is 0 Å². The van der Waals surface area contributed by atoms with E-state index in [2.05, 4.69) is 9.47 Å². The van der Waals surface area contributed by atoms with Crippen LogP contribution in [0.1, 0.15) is 20.7 Å². The fourth-order valence-corrected chi connectivity index (χ4v) is 2.72. The summed E-state index contributed by atoms with van der Waals surface area (Å²) in [7, 11) is 2.56. The highest BCUT2D eigenvalue weighted by Crippen LogP contribution is 2.33. The molecule has 20 heavy (non-hydrogen) atoms. The molecule has 1 heterocycles. The third-order valence-electron chi connectivity index (χ3n) is 2.70. The van der Waals surface area contributed by atoms with E-state index in [1.807, 2.05) is 11.4 Å². The molecule has 0 fully saturated rings. The van der Waals surface area contributed by atoms with Crippen LogP contribution >= 0.6 is 22.9 Å². The molecule has 4 nitrogen and oxygen atoms in total. The van der Waals surface area contributed by atoms with E-state index in [4.69, 9.17) is 11.6 Å². The van der Waals surface area contributed by atoms with Gasteiger partial charge >= 0.3 is 11.9 Å². The third kappa shape index (κ3) is 2.84. The lowest BCUT2D eigenvalue weighted by Gasteiger charge is -2.07. The zero-order valence-electron chi connectivity index (χ0n) is 10.8. The summed E-state index contributed by atoms with van der Waals surface area (Å²) in [4.78, 5) is 23.4. The molecule has 0 atom stereocenters. The van der Waals surface area contributed by atoms with Gasteiger partial charge in [-0.3, -0.25) is 0 Å². The highest BCUT2D eigenvalue weighted by atomic mass is 35.5. The first kappa shape index (κ1) is 14.6. The first-order valence-electron chi connectivity index (χ1n) is 5.62. The van der Waals surface area contributed by atoms with Gasteiger partial charge in [0.15, 0.2) is 0 Å². The largest absolute Gasteiger partial charge is 0.465 e. The number of hydrogen-bond donors (Lipinski definition) is 0. The summed E-state index contributed by atoms with van der Waals surface area (Å²) in [6, 6.07) is 6.52. The summed E-state index contributed by atoms with van der Waals surface area (Å²) in [6.07, 6.45) is 0. The smallest absolute Gasteiger partial charge is 0.337 e. The maximum absolute atomic E-state index is 11.7. The number of hydrogen-bond acceptors (Lipinski definition) is 5. The van der Waals surface area contributed by atoms with Crippen molar-refractivity contribution in [2.24, 2.45) is 0 Å². The quantitative estimate of drug-likeness (QED) is 0.812. The number of rotatable bonds is 3. The van der Waals surface area contributed by atoms with Gasteiger partial charge in [-0.25, -0.2) is 9.59 Å². The molecule has 0 radical (unpaired) electrons. The minimum Gasteiger partial charge on any atom is -0.465 e. The number of esters is 2. The second-order valence-electron chi connectivity index (χ2n) is 3.89. The van der Waals surface area contributed by atoms with Crippen LogP contribution in [0.2, 0.25) is 4.34 Å². The molecule has 1 aromatic heterocycles. The predicted molar refractivity (Wildman–Crippen MR) is 77.4 cm³/mol. The van der Waals surface area contributed by atoms with Gasteiger partial charge in [0.2, 0.25) is 0 Å². The minimum absolute atomic E-state index is 0.271. The molecule has 0 aliphatic carbocycles. The molecular weight excluding hydrogens is 300 g/mol. The second-order valence-corrected chi connectivity index (χ2v) is 5.41. The van der Waals surface area contributed by atoms with Crippen LogP contribution in [0.25, 0.3) is 11.1 Å². The minimum atomic E-state index is -0.525. The molecule has 0 aliphatic heterocycles. The average molecular weight is 311 g/mol. The van der Waals surface area contributed by atoms with E-state index in [0.717, 1.165) is 5.56 Å². The number of methoxy groups -OCH3 is 2. The van der Waals surface area contributed by atoms with Crippen molar-refractivity contribution in [2.45, 2.75) is 0 Å². The zero-order chi connectivity index (χ0) is 14.7. The highest BCUT2D eigenvalue weighted by molar-refractivity contribution is 7.15. The van der Waals surface area contributed by atoms with Gasteiger partial charge in [0.05, 0.1) is 25.3 Å². The van der Waals surface area contributed by atoms with Gasteiger partial charge < -0.3 is 9.47 Å². The van der Waals surface area contributed by atoms with Crippen molar-refractivity contribution < 1.29 is 19.1 Å². The zero-order valence-corrected chi connectivity index (χ0v) is 12.4. The molecule has 0 amide bonds. The summed E-state index contributed by atoms with van der Waals surface area (Å²) in [5, 5.41) is 1.83. The first-order chi connectivity index (χ1) is 9.56. The maximum atomic E-state index is 11.7. The van der Waals surface area contributed by atoms with E-state index in [1.165, 1.54) is 31.6 Å². The monoisotopic (exact) mass is 310 g/mol. The van der Waals surface area contributed by atoms with Gasteiger partial charge in [-0.2, -0.15) is 0 Å². The van der Waals surface area contributed by atoms with E-state index in [0.29, 0.717) is 9.90 Å². The molecule has 0 saturated heterocycles. The van der Waals surface area contributed by atoms with Crippen molar-refractivity contribution >= 4 is 34.9 Å². The molecule has 0 saturated carbocycles. The Morgan fingerprint density at radius 1 is 1.05 bits per heavy atom. The Hall–Kier alpha value is -1.85. The van der Waals surface area contributed by atoms with Gasteiger partial charge in [-0.1, -0.05) is 11.6 Å². The summed E-state index contributed by atoms with van der Waals surface area (Å²) in [5.41, 5.74) is 1.97. The molecule has 2 rings (SSSR count). The standard InChI is InChI=1S/C14H11ClO4S/c1-18-13(16)9-5-8(11-3-4-20-12(11)15)6-10(7-9)14(17)19-2/h3-7H,1-2H3. The number of carbonyl (C=O) groups excluding carboxylic acids is 2. The summed E-state index contributed by atoms with van der Waals surface area (Å²) in [5.74, 6) is -1.05. The van der Waals surface area contributed by atoms with Crippen LogP contribution < -0.4 is 0 Å². The van der Waals surface area contributed by atoms with Crippen LogP contribution in [0.15, 0.2) is 29.6 Å². The van der Waals surface area contributed by atoms with Crippen LogP contribution in [0.3, 0.4) is 0 Å². The molecule has 0 spiro atoms. The number of halogens is 1. The van der Waals surface area contributed by atoms with Crippen LogP contribution in [-0.4, -0.2) is 26.2 Å². The summed E-state index contributed by atoms with van der Waals surface area (Å²) < 4.78 is 9.96. The molecule has 0 unspecified atom stereocenters. The van der Waals surface area contributed by atoms with Crippen molar-refractivity contribution in [1.29, 1.82) is 0 Å². The number of thiophene rings is 1. The lowest BCUT2D eigenvalue weighted by atomic mass is 10.0. The topological polar surface area (TPSA) is 52.6 Å². The van der Waals surface area contributed by atoms with Crippen LogP contribution in [0.4, 0.5) is 0 Å². The highest BCUT2D eigenvalue weighted by Gasteiger charge is 2.16. The Morgan fingerprint density at radius 2 is 1.60 bits per heavy atom. The van der Waals surface area contributed by atoms with Gasteiger partial charge in [0, 0.05) is 5.56 Å². The van der Waals surface area contributed by atoms with Gasteiger partial charge in [0.25, 0.3) is 0 Å².